The summed E-state index contributed by atoms with van der Waals surface area (Å²) in [6.45, 7) is 4.56. The van der Waals surface area contributed by atoms with Crippen LogP contribution in [0.25, 0.3) is 0 Å². The normalized spacial score (nSPS) is 15.6. The number of rotatable bonds is 13. The molecule has 2 aromatic rings. The minimum Gasteiger partial charge on any atom is -0.454 e. The molecule has 35 heavy (non-hydrogen) atoms. The monoisotopic (exact) mass is 501 g/mol. The quantitative estimate of drug-likeness (QED) is 0.164. The molecule has 0 aliphatic carbocycles. The zero-order valence-corrected chi connectivity index (χ0v) is 21.5. The first-order valence-electron chi connectivity index (χ1n) is 12.9. The van der Waals surface area contributed by atoms with Crippen LogP contribution in [-0.2, 0) is 15.1 Å². The molecule has 0 atom stereocenters. The average Bonchev–Trinajstić information content (AvgIpc) is 2.86. The van der Waals surface area contributed by atoms with E-state index in [2.05, 4.69) is 11.8 Å². The Kier molecular flexibility index (Phi) is 10.7. The first-order chi connectivity index (χ1) is 16.9. The van der Waals surface area contributed by atoms with Crippen LogP contribution in [0.3, 0.4) is 0 Å². The lowest BCUT2D eigenvalue weighted by Gasteiger charge is -2.41. The Morgan fingerprint density at radius 1 is 0.914 bits per heavy atom. The molecular formula is C29H37ClFNO3. The van der Waals surface area contributed by atoms with E-state index in [1.54, 1.807) is 0 Å². The number of Topliss-reactive ketones (excluding diaryl/α,β-unsaturated/α-hetero) is 1. The molecule has 0 aromatic heterocycles. The topological polar surface area (TPSA) is 46.6 Å². The van der Waals surface area contributed by atoms with Gasteiger partial charge in [-0.05, 0) is 61.3 Å². The van der Waals surface area contributed by atoms with Gasteiger partial charge in [-0.15, -0.1) is 0 Å². The number of ketones is 1. The lowest BCUT2D eigenvalue weighted by Crippen LogP contribution is -2.45. The van der Waals surface area contributed by atoms with E-state index in [0.29, 0.717) is 36.3 Å². The molecule has 2 aromatic carbocycles. The summed E-state index contributed by atoms with van der Waals surface area (Å²) in [4.78, 5) is 27.4. The summed E-state index contributed by atoms with van der Waals surface area (Å²) in [5.41, 5.74) is 0.909. The van der Waals surface area contributed by atoms with Crippen molar-refractivity contribution in [3.63, 3.8) is 0 Å². The Labute approximate surface area is 213 Å². The van der Waals surface area contributed by atoms with Gasteiger partial charge in [0.25, 0.3) is 0 Å². The Bertz CT molecular complexity index is 937. The third kappa shape index (κ3) is 8.43. The predicted octanol–water partition coefficient (Wildman–Crippen LogP) is 7.34. The summed E-state index contributed by atoms with van der Waals surface area (Å²) >= 11 is 6.11. The molecule has 0 unspecified atom stereocenters. The van der Waals surface area contributed by atoms with Crippen molar-refractivity contribution in [3.8, 4) is 0 Å². The lowest BCUT2D eigenvalue weighted by molar-refractivity contribution is -0.167. The molecule has 1 aliphatic heterocycles. The largest absolute Gasteiger partial charge is 0.454 e. The van der Waals surface area contributed by atoms with E-state index in [4.69, 9.17) is 16.3 Å². The molecule has 0 saturated carbocycles. The third-order valence-electron chi connectivity index (χ3n) is 6.87. The van der Waals surface area contributed by atoms with Gasteiger partial charge in [0, 0.05) is 49.4 Å². The fourth-order valence-corrected chi connectivity index (χ4v) is 4.85. The first kappa shape index (κ1) is 27.3. The average molecular weight is 502 g/mol. The summed E-state index contributed by atoms with van der Waals surface area (Å²) in [5, 5.41) is 0.661. The molecule has 190 valence electrons. The van der Waals surface area contributed by atoms with Gasteiger partial charge in [0.1, 0.15) is 11.4 Å². The van der Waals surface area contributed by atoms with Gasteiger partial charge in [-0.25, -0.2) is 4.39 Å². The molecule has 1 heterocycles. The molecular weight excluding hydrogens is 465 g/mol. The third-order valence-corrected chi connectivity index (χ3v) is 7.12. The number of piperidine rings is 1. The van der Waals surface area contributed by atoms with Gasteiger partial charge in [0.2, 0.25) is 0 Å². The lowest BCUT2D eigenvalue weighted by atomic mass is 9.84. The molecule has 3 rings (SSSR count). The summed E-state index contributed by atoms with van der Waals surface area (Å²) < 4.78 is 19.3. The number of hydrogen-bond donors (Lipinski definition) is 0. The van der Waals surface area contributed by atoms with Crippen molar-refractivity contribution in [2.45, 2.75) is 76.7 Å². The van der Waals surface area contributed by atoms with Crippen LogP contribution < -0.4 is 0 Å². The van der Waals surface area contributed by atoms with Gasteiger partial charge < -0.3 is 9.64 Å². The number of ether oxygens (including phenoxy) is 1. The van der Waals surface area contributed by atoms with Crippen LogP contribution in [0.4, 0.5) is 4.39 Å². The van der Waals surface area contributed by atoms with E-state index in [0.717, 1.165) is 50.9 Å². The second-order valence-corrected chi connectivity index (χ2v) is 9.95. The number of halogens is 2. The molecule has 4 nitrogen and oxygen atoms in total. The highest BCUT2D eigenvalue weighted by atomic mass is 35.5. The Morgan fingerprint density at radius 3 is 2.23 bits per heavy atom. The van der Waals surface area contributed by atoms with Crippen molar-refractivity contribution in [3.05, 3.63) is 70.5 Å². The molecule has 0 amide bonds. The zero-order valence-electron chi connectivity index (χ0n) is 20.7. The number of carbonyl (C=O) groups is 2. The van der Waals surface area contributed by atoms with E-state index >= 15 is 0 Å². The second-order valence-electron chi connectivity index (χ2n) is 9.51. The number of benzene rings is 2. The SMILES string of the molecule is CCCCCCCC(=O)OC1(c2ccc(Cl)cc2)CCN(CCCC(=O)c2ccc(F)cc2)CC1. The standard InChI is InChI=1S/C29H37ClFNO3/c1-2-3-4-5-6-9-28(34)35-29(24-12-14-25(30)15-13-24)18-21-32(22-19-29)20-7-8-27(33)23-10-16-26(31)17-11-23/h10-17H,2-9,18-22H2,1H3. The van der Waals surface area contributed by atoms with Gasteiger partial charge in [-0.1, -0.05) is 56.3 Å². The predicted molar refractivity (Wildman–Crippen MR) is 138 cm³/mol. The minimum absolute atomic E-state index is 0.0328. The number of carbonyl (C=O) groups excluding carboxylic acids is 2. The summed E-state index contributed by atoms with van der Waals surface area (Å²) in [5.74, 6) is -0.434. The minimum atomic E-state index is -0.633. The van der Waals surface area contributed by atoms with Crippen LogP contribution in [0.2, 0.25) is 5.02 Å². The van der Waals surface area contributed by atoms with Crippen LogP contribution >= 0.6 is 11.6 Å². The van der Waals surface area contributed by atoms with E-state index in [9.17, 15) is 14.0 Å². The van der Waals surface area contributed by atoms with Gasteiger partial charge >= 0.3 is 5.97 Å². The number of esters is 1. The second kappa shape index (κ2) is 13.7. The van der Waals surface area contributed by atoms with Crippen molar-refractivity contribution < 1.29 is 18.7 Å². The van der Waals surface area contributed by atoms with Crippen LogP contribution in [0.1, 0.15) is 87.1 Å². The molecule has 0 bridgehead atoms. The Balaban J connectivity index is 1.52. The maximum atomic E-state index is 13.1. The number of unbranched alkanes of at least 4 members (excludes halogenated alkanes) is 4. The van der Waals surface area contributed by atoms with Gasteiger partial charge in [-0.2, -0.15) is 0 Å². The van der Waals surface area contributed by atoms with E-state index in [1.807, 2.05) is 24.3 Å². The molecule has 0 radical (unpaired) electrons. The Morgan fingerprint density at radius 2 is 1.57 bits per heavy atom. The van der Waals surface area contributed by atoms with Crippen LogP contribution in [0.15, 0.2) is 48.5 Å². The summed E-state index contributed by atoms with van der Waals surface area (Å²) in [7, 11) is 0. The van der Waals surface area contributed by atoms with Crippen LogP contribution in [-0.4, -0.2) is 36.3 Å². The fraction of sp³-hybridized carbons (Fsp3) is 0.517. The van der Waals surface area contributed by atoms with Crippen molar-refractivity contribution in [1.82, 2.24) is 4.90 Å². The maximum absolute atomic E-state index is 13.1. The van der Waals surface area contributed by atoms with Crippen LogP contribution in [0.5, 0.6) is 0 Å². The zero-order chi connectivity index (χ0) is 25.1. The first-order valence-corrected chi connectivity index (χ1v) is 13.3. The van der Waals surface area contributed by atoms with Gasteiger partial charge in [0.15, 0.2) is 5.78 Å². The molecule has 6 heteroatoms. The Hall–Kier alpha value is -2.24. The molecule has 0 N–H and O–H groups in total. The molecule has 1 saturated heterocycles. The molecule has 1 aliphatic rings. The summed E-state index contributed by atoms with van der Waals surface area (Å²) in [6.07, 6.45) is 8.50. The highest BCUT2D eigenvalue weighted by molar-refractivity contribution is 6.30. The highest BCUT2D eigenvalue weighted by Crippen LogP contribution is 2.38. The highest BCUT2D eigenvalue weighted by Gasteiger charge is 2.39. The van der Waals surface area contributed by atoms with Crippen molar-refractivity contribution in [2.24, 2.45) is 0 Å². The van der Waals surface area contributed by atoms with E-state index in [1.165, 1.54) is 37.1 Å². The summed E-state index contributed by atoms with van der Waals surface area (Å²) in [6, 6.07) is 13.4. The van der Waals surface area contributed by atoms with Crippen molar-refractivity contribution >= 4 is 23.4 Å². The van der Waals surface area contributed by atoms with E-state index < -0.39 is 5.60 Å². The smallest absolute Gasteiger partial charge is 0.306 e. The number of likely N-dealkylation sites (tertiary alicyclic amines) is 1. The molecule has 0 spiro atoms. The molecule has 1 fully saturated rings. The van der Waals surface area contributed by atoms with Crippen molar-refractivity contribution in [1.29, 1.82) is 0 Å². The number of hydrogen-bond acceptors (Lipinski definition) is 4. The van der Waals surface area contributed by atoms with E-state index in [-0.39, 0.29) is 17.6 Å². The maximum Gasteiger partial charge on any atom is 0.306 e. The number of nitrogens with zero attached hydrogens (tertiary/aromatic N) is 1. The van der Waals surface area contributed by atoms with Gasteiger partial charge in [0.05, 0.1) is 0 Å². The fourth-order valence-electron chi connectivity index (χ4n) is 4.73. The van der Waals surface area contributed by atoms with Gasteiger partial charge in [-0.3, -0.25) is 9.59 Å². The van der Waals surface area contributed by atoms with Crippen molar-refractivity contribution in [2.75, 3.05) is 19.6 Å². The van der Waals surface area contributed by atoms with Crippen LogP contribution in [0, 0.1) is 5.82 Å².